The number of hydrogen-bond acceptors (Lipinski definition) is 3. The van der Waals surface area contributed by atoms with Crippen LogP contribution in [0.1, 0.15) is 40.0 Å². The maximum atomic E-state index is 11.7. The molecule has 4 nitrogen and oxygen atoms in total. The number of ether oxygens (including phenoxy) is 1. The van der Waals surface area contributed by atoms with E-state index >= 15 is 0 Å². The first-order valence-electron chi connectivity index (χ1n) is 6.32. The molecule has 2 atom stereocenters. The predicted molar refractivity (Wildman–Crippen MR) is 66.5 cm³/mol. The Morgan fingerprint density at radius 1 is 1.47 bits per heavy atom. The molecule has 96 valence electrons. The number of imidazole rings is 1. The molecule has 1 aromatic rings. The standard InChI is InChI=1S/C13H22N2O2/c1-4-6-12(11(3)5-2)17-13(16)9-15-8-7-14-10-15/h7-8,10-12H,4-6,9H2,1-3H3. The van der Waals surface area contributed by atoms with Crippen LogP contribution in [0.15, 0.2) is 18.7 Å². The lowest BCUT2D eigenvalue weighted by Crippen LogP contribution is -2.26. The summed E-state index contributed by atoms with van der Waals surface area (Å²) in [4.78, 5) is 15.6. The predicted octanol–water partition coefficient (Wildman–Crippen LogP) is 2.64. The van der Waals surface area contributed by atoms with E-state index in [9.17, 15) is 4.79 Å². The van der Waals surface area contributed by atoms with Crippen LogP contribution in [0, 0.1) is 5.92 Å². The molecule has 17 heavy (non-hydrogen) atoms. The van der Waals surface area contributed by atoms with Crippen molar-refractivity contribution in [1.82, 2.24) is 9.55 Å². The first-order chi connectivity index (χ1) is 8.17. The van der Waals surface area contributed by atoms with Gasteiger partial charge in [0.05, 0.1) is 6.33 Å². The fraction of sp³-hybridized carbons (Fsp3) is 0.692. The van der Waals surface area contributed by atoms with Crippen LogP contribution in [-0.4, -0.2) is 21.6 Å². The third-order valence-electron chi connectivity index (χ3n) is 3.01. The van der Waals surface area contributed by atoms with E-state index in [1.807, 2.05) is 0 Å². The summed E-state index contributed by atoms with van der Waals surface area (Å²) in [5, 5.41) is 0. The Labute approximate surface area is 103 Å². The van der Waals surface area contributed by atoms with Crippen LogP contribution in [0.25, 0.3) is 0 Å². The lowest BCUT2D eigenvalue weighted by Gasteiger charge is -2.22. The Balaban J connectivity index is 2.46. The maximum Gasteiger partial charge on any atom is 0.326 e. The van der Waals surface area contributed by atoms with Crippen LogP contribution in [0.3, 0.4) is 0 Å². The van der Waals surface area contributed by atoms with Gasteiger partial charge in [0.15, 0.2) is 0 Å². The minimum absolute atomic E-state index is 0.0426. The molecule has 0 N–H and O–H groups in total. The Kier molecular flexibility index (Phi) is 5.73. The second-order valence-electron chi connectivity index (χ2n) is 4.44. The van der Waals surface area contributed by atoms with Gasteiger partial charge in [-0.05, 0) is 12.3 Å². The second kappa shape index (κ2) is 7.09. The number of rotatable bonds is 7. The van der Waals surface area contributed by atoms with Gasteiger partial charge in [0, 0.05) is 12.4 Å². The van der Waals surface area contributed by atoms with Crippen molar-refractivity contribution < 1.29 is 9.53 Å². The van der Waals surface area contributed by atoms with Gasteiger partial charge >= 0.3 is 5.97 Å². The fourth-order valence-corrected chi connectivity index (χ4v) is 1.74. The molecule has 0 bridgehead atoms. The van der Waals surface area contributed by atoms with E-state index in [1.54, 1.807) is 23.3 Å². The molecule has 0 aliphatic heterocycles. The van der Waals surface area contributed by atoms with Crippen molar-refractivity contribution in [3.05, 3.63) is 18.7 Å². The fourth-order valence-electron chi connectivity index (χ4n) is 1.74. The number of nitrogens with zero attached hydrogens (tertiary/aromatic N) is 2. The molecular weight excluding hydrogens is 216 g/mol. The van der Waals surface area contributed by atoms with Gasteiger partial charge < -0.3 is 9.30 Å². The SMILES string of the molecule is CCCC(OC(=O)Cn1ccnc1)C(C)CC. The van der Waals surface area contributed by atoms with Crippen LogP contribution in [0.4, 0.5) is 0 Å². The molecule has 0 saturated carbocycles. The highest BCUT2D eigenvalue weighted by molar-refractivity contribution is 5.69. The molecule has 0 aliphatic carbocycles. The van der Waals surface area contributed by atoms with Gasteiger partial charge in [0.2, 0.25) is 0 Å². The molecule has 0 amide bonds. The summed E-state index contributed by atoms with van der Waals surface area (Å²) in [7, 11) is 0. The number of carbonyl (C=O) groups excluding carboxylic acids is 1. The molecule has 0 aliphatic rings. The minimum atomic E-state index is -0.179. The highest BCUT2D eigenvalue weighted by atomic mass is 16.5. The number of carbonyl (C=O) groups is 1. The normalized spacial score (nSPS) is 14.3. The first-order valence-corrected chi connectivity index (χ1v) is 6.32. The largest absolute Gasteiger partial charge is 0.461 e. The Bertz CT molecular complexity index is 322. The summed E-state index contributed by atoms with van der Waals surface area (Å²) >= 11 is 0. The molecular formula is C13H22N2O2. The Hall–Kier alpha value is -1.32. The van der Waals surface area contributed by atoms with Crippen molar-refractivity contribution in [2.24, 2.45) is 5.92 Å². The van der Waals surface area contributed by atoms with E-state index in [2.05, 4.69) is 25.8 Å². The van der Waals surface area contributed by atoms with Crippen LogP contribution < -0.4 is 0 Å². The molecule has 0 fully saturated rings. The van der Waals surface area contributed by atoms with Crippen molar-refractivity contribution in [1.29, 1.82) is 0 Å². The molecule has 0 radical (unpaired) electrons. The Morgan fingerprint density at radius 3 is 2.76 bits per heavy atom. The third-order valence-corrected chi connectivity index (χ3v) is 3.01. The van der Waals surface area contributed by atoms with Crippen molar-refractivity contribution in [3.8, 4) is 0 Å². The molecule has 4 heteroatoms. The zero-order valence-corrected chi connectivity index (χ0v) is 10.9. The van der Waals surface area contributed by atoms with Gasteiger partial charge in [-0.15, -0.1) is 0 Å². The lowest BCUT2D eigenvalue weighted by atomic mass is 9.98. The molecule has 0 spiro atoms. The summed E-state index contributed by atoms with van der Waals surface area (Å²) in [6.45, 7) is 6.61. The smallest absolute Gasteiger partial charge is 0.326 e. The van der Waals surface area contributed by atoms with Crippen molar-refractivity contribution >= 4 is 5.97 Å². The van der Waals surface area contributed by atoms with E-state index in [-0.39, 0.29) is 18.6 Å². The third kappa shape index (κ3) is 4.59. The van der Waals surface area contributed by atoms with E-state index in [4.69, 9.17) is 4.74 Å². The summed E-state index contributed by atoms with van der Waals surface area (Å²) in [5.74, 6) is 0.239. The Morgan fingerprint density at radius 2 is 2.24 bits per heavy atom. The zero-order chi connectivity index (χ0) is 12.7. The molecule has 0 saturated heterocycles. The molecule has 2 unspecified atom stereocenters. The van der Waals surface area contributed by atoms with Crippen molar-refractivity contribution in [2.45, 2.75) is 52.7 Å². The first kappa shape index (κ1) is 13.7. The quantitative estimate of drug-likeness (QED) is 0.686. The molecule has 1 rings (SSSR count). The lowest BCUT2D eigenvalue weighted by molar-refractivity contribution is -0.152. The van der Waals surface area contributed by atoms with E-state index in [0.717, 1.165) is 19.3 Å². The summed E-state index contributed by atoms with van der Waals surface area (Å²) in [5.41, 5.74) is 0. The zero-order valence-electron chi connectivity index (χ0n) is 10.9. The van der Waals surface area contributed by atoms with Gasteiger partial charge in [-0.25, -0.2) is 4.98 Å². The second-order valence-corrected chi connectivity index (χ2v) is 4.44. The van der Waals surface area contributed by atoms with Crippen LogP contribution >= 0.6 is 0 Å². The van der Waals surface area contributed by atoms with Gasteiger partial charge in [-0.1, -0.05) is 33.6 Å². The molecule has 1 heterocycles. The summed E-state index contributed by atoms with van der Waals surface area (Å²) in [6, 6.07) is 0. The summed E-state index contributed by atoms with van der Waals surface area (Å²) < 4.78 is 7.25. The minimum Gasteiger partial charge on any atom is -0.461 e. The average molecular weight is 238 g/mol. The monoisotopic (exact) mass is 238 g/mol. The molecule has 0 aromatic carbocycles. The average Bonchev–Trinajstić information content (AvgIpc) is 2.80. The topological polar surface area (TPSA) is 44.1 Å². The van der Waals surface area contributed by atoms with E-state index in [0.29, 0.717) is 5.92 Å². The maximum absolute atomic E-state index is 11.7. The van der Waals surface area contributed by atoms with Gasteiger partial charge in [-0.3, -0.25) is 4.79 Å². The number of hydrogen-bond donors (Lipinski definition) is 0. The molecule has 1 aromatic heterocycles. The van der Waals surface area contributed by atoms with Crippen molar-refractivity contribution in [3.63, 3.8) is 0 Å². The van der Waals surface area contributed by atoms with Crippen LogP contribution in [-0.2, 0) is 16.1 Å². The van der Waals surface area contributed by atoms with E-state index in [1.165, 1.54) is 0 Å². The van der Waals surface area contributed by atoms with Gasteiger partial charge in [0.1, 0.15) is 12.6 Å². The van der Waals surface area contributed by atoms with Crippen LogP contribution in [0.5, 0.6) is 0 Å². The van der Waals surface area contributed by atoms with Crippen molar-refractivity contribution in [2.75, 3.05) is 0 Å². The number of aromatic nitrogens is 2. The highest BCUT2D eigenvalue weighted by Crippen LogP contribution is 2.17. The summed E-state index contributed by atoms with van der Waals surface area (Å²) in [6.07, 6.45) is 8.09. The van der Waals surface area contributed by atoms with E-state index < -0.39 is 0 Å². The van der Waals surface area contributed by atoms with Crippen LogP contribution in [0.2, 0.25) is 0 Å². The van der Waals surface area contributed by atoms with Gasteiger partial charge in [0.25, 0.3) is 0 Å². The van der Waals surface area contributed by atoms with Gasteiger partial charge in [-0.2, -0.15) is 0 Å². The highest BCUT2D eigenvalue weighted by Gasteiger charge is 2.19. The number of esters is 1.